The van der Waals surface area contributed by atoms with Gasteiger partial charge in [-0.25, -0.2) is 9.82 Å². The van der Waals surface area contributed by atoms with Gasteiger partial charge in [-0.05, 0) is 35.0 Å². The number of fused-ring (bicyclic) bond motifs is 1. The van der Waals surface area contributed by atoms with Gasteiger partial charge in [-0.3, -0.25) is 4.79 Å². The molecule has 0 heterocycles. The number of carbonyl (C=O) groups is 1. The molecular weight excluding hydrogens is 341 g/mol. The Morgan fingerprint density at radius 2 is 1.88 bits per heavy atom. The fourth-order valence-corrected chi connectivity index (χ4v) is 2.54. The maximum atomic E-state index is 13.6. The van der Waals surface area contributed by atoms with Crippen LogP contribution >= 0.6 is 11.6 Å². The van der Waals surface area contributed by atoms with Gasteiger partial charge >= 0.3 is 0 Å². The van der Waals surface area contributed by atoms with Crippen molar-refractivity contribution >= 4 is 40.2 Å². The second-order valence-electron chi connectivity index (χ2n) is 5.34. The number of rotatable bonds is 5. The highest BCUT2D eigenvalue weighted by atomic mass is 35.5. The van der Waals surface area contributed by atoms with E-state index in [-0.39, 0.29) is 23.0 Å². The number of hydrazone groups is 1. The molecule has 0 spiro atoms. The van der Waals surface area contributed by atoms with Gasteiger partial charge in [0.2, 0.25) is 0 Å². The Morgan fingerprint density at radius 3 is 2.68 bits per heavy atom. The summed E-state index contributed by atoms with van der Waals surface area (Å²) in [6.45, 7) is 0.0423. The average molecular weight is 356 g/mol. The molecule has 25 heavy (non-hydrogen) atoms. The van der Waals surface area contributed by atoms with E-state index in [1.807, 2.05) is 42.5 Å². The Bertz CT molecular complexity index is 923. The number of nitrogens with one attached hydrogen (secondary N) is 2. The lowest BCUT2D eigenvalue weighted by molar-refractivity contribution is -0.119. The topological polar surface area (TPSA) is 53.5 Å². The van der Waals surface area contributed by atoms with Crippen molar-refractivity contribution in [3.8, 4) is 0 Å². The molecule has 0 aliphatic rings. The van der Waals surface area contributed by atoms with Gasteiger partial charge in [-0.1, -0.05) is 48.0 Å². The molecular formula is C19H15ClFN3O. The molecule has 2 N–H and O–H groups in total. The number of nitrogens with zero attached hydrogens (tertiary/aromatic N) is 1. The Morgan fingerprint density at radius 1 is 1.08 bits per heavy atom. The number of halogens is 2. The smallest absolute Gasteiger partial charge is 0.259 e. The average Bonchev–Trinajstić information content (AvgIpc) is 2.62. The first-order valence-electron chi connectivity index (χ1n) is 7.62. The molecule has 3 aromatic rings. The van der Waals surface area contributed by atoms with Crippen molar-refractivity contribution in [1.82, 2.24) is 5.43 Å². The first kappa shape index (κ1) is 16.9. The third-order valence-corrected chi connectivity index (χ3v) is 3.91. The lowest BCUT2D eigenvalue weighted by Gasteiger charge is -2.07. The fourth-order valence-electron chi connectivity index (χ4n) is 2.32. The van der Waals surface area contributed by atoms with Crippen LogP contribution in [0.2, 0.25) is 5.02 Å². The zero-order chi connectivity index (χ0) is 17.6. The van der Waals surface area contributed by atoms with E-state index in [2.05, 4.69) is 15.8 Å². The summed E-state index contributed by atoms with van der Waals surface area (Å²) in [6, 6.07) is 18.1. The van der Waals surface area contributed by atoms with Crippen LogP contribution < -0.4 is 10.7 Å². The highest BCUT2D eigenvalue weighted by Crippen LogP contribution is 2.18. The van der Waals surface area contributed by atoms with Crippen molar-refractivity contribution in [3.63, 3.8) is 0 Å². The third kappa shape index (κ3) is 4.33. The molecule has 1 amide bonds. The standard InChI is InChI=1S/C19H15ClFN3O/c20-17-6-3-7-18(21)16(17)11-23-24-19(25)12-22-15-9-8-13-4-1-2-5-14(13)10-15/h1-11,22H,12H2,(H,24,25). The summed E-state index contributed by atoms with van der Waals surface area (Å²) in [7, 11) is 0. The maximum Gasteiger partial charge on any atom is 0.259 e. The highest BCUT2D eigenvalue weighted by molar-refractivity contribution is 6.33. The number of carbonyl (C=O) groups excluding carboxylic acids is 1. The summed E-state index contributed by atoms with van der Waals surface area (Å²) in [4.78, 5) is 11.8. The van der Waals surface area contributed by atoms with Crippen molar-refractivity contribution in [2.75, 3.05) is 11.9 Å². The minimum absolute atomic E-state index is 0.0423. The van der Waals surface area contributed by atoms with E-state index in [9.17, 15) is 9.18 Å². The van der Waals surface area contributed by atoms with Crippen molar-refractivity contribution in [2.45, 2.75) is 0 Å². The van der Waals surface area contributed by atoms with Gasteiger partial charge in [0.15, 0.2) is 0 Å². The van der Waals surface area contributed by atoms with E-state index in [0.29, 0.717) is 0 Å². The van der Waals surface area contributed by atoms with Crippen molar-refractivity contribution in [1.29, 1.82) is 0 Å². The van der Waals surface area contributed by atoms with Gasteiger partial charge in [0.05, 0.1) is 17.8 Å². The minimum Gasteiger partial charge on any atom is -0.376 e. The summed E-state index contributed by atoms with van der Waals surface area (Å²) >= 11 is 5.88. The van der Waals surface area contributed by atoms with E-state index in [1.165, 1.54) is 18.3 Å². The molecule has 0 atom stereocenters. The second-order valence-corrected chi connectivity index (χ2v) is 5.75. The van der Waals surface area contributed by atoms with Crippen LogP contribution in [0.3, 0.4) is 0 Å². The lowest BCUT2D eigenvalue weighted by Crippen LogP contribution is -2.25. The van der Waals surface area contributed by atoms with E-state index in [1.54, 1.807) is 6.07 Å². The van der Waals surface area contributed by atoms with Crippen LogP contribution in [0, 0.1) is 5.82 Å². The van der Waals surface area contributed by atoms with Gasteiger partial charge in [-0.2, -0.15) is 5.10 Å². The Balaban J connectivity index is 1.56. The van der Waals surface area contributed by atoms with Crippen LogP contribution in [0.5, 0.6) is 0 Å². The minimum atomic E-state index is -0.500. The first-order chi connectivity index (χ1) is 12.1. The molecule has 3 aromatic carbocycles. The number of benzene rings is 3. The number of hydrogen-bond donors (Lipinski definition) is 2. The molecule has 0 bridgehead atoms. The molecule has 3 rings (SSSR count). The monoisotopic (exact) mass is 355 g/mol. The van der Waals surface area contributed by atoms with Gasteiger partial charge in [0.1, 0.15) is 5.82 Å². The molecule has 0 aliphatic heterocycles. The summed E-state index contributed by atoms with van der Waals surface area (Å²) in [6.07, 6.45) is 1.19. The molecule has 0 fully saturated rings. The second kappa shape index (κ2) is 7.77. The van der Waals surface area contributed by atoms with Crippen molar-refractivity contribution < 1.29 is 9.18 Å². The predicted octanol–water partition coefficient (Wildman–Crippen LogP) is 4.19. The Kier molecular flexibility index (Phi) is 5.26. The Hall–Kier alpha value is -2.92. The SMILES string of the molecule is O=C(CNc1ccc2ccccc2c1)NN=Cc1c(F)cccc1Cl. The summed E-state index contributed by atoms with van der Waals surface area (Å²) < 4.78 is 13.6. The van der Waals surface area contributed by atoms with Crippen LogP contribution in [0.25, 0.3) is 10.8 Å². The molecule has 0 radical (unpaired) electrons. The zero-order valence-corrected chi connectivity index (χ0v) is 13.9. The van der Waals surface area contributed by atoms with E-state index in [0.717, 1.165) is 16.5 Å². The van der Waals surface area contributed by atoms with Crippen LogP contribution in [-0.2, 0) is 4.79 Å². The highest BCUT2D eigenvalue weighted by Gasteiger charge is 2.04. The van der Waals surface area contributed by atoms with Crippen molar-refractivity contribution in [2.24, 2.45) is 5.10 Å². The summed E-state index contributed by atoms with van der Waals surface area (Å²) in [5, 5.41) is 9.20. The van der Waals surface area contributed by atoms with Gasteiger partial charge < -0.3 is 5.32 Å². The molecule has 0 aliphatic carbocycles. The van der Waals surface area contributed by atoms with E-state index in [4.69, 9.17) is 11.6 Å². The van der Waals surface area contributed by atoms with Crippen LogP contribution in [0.15, 0.2) is 65.8 Å². The normalized spacial score (nSPS) is 11.0. The maximum absolute atomic E-state index is 13.6. The lowest BCUT2D eigenvalue weighted by atomic mass is 10.1. The molecule has 0 unspecified atom stereocenters. The summed E-state index contributed by atoms with van der Waals surface area (Å²) in [5.74, 6) is -0.850. The molecule has 0 saturated carbocycles. The Labute approximate surface area is 149 Å². The summed E-state index contributed by atoms with van der Waals surface area (Å²) in [5.41, 5.74) is 3.30. The fraction of sp³-hybridized carbons (Fsp3) is 0.0526. The molecule has 0 saturated heterocycles. The largest absolute Gasteiger partial charge is 0.376 e. The molecule has 126 valence electrons. The molecule has 6 heteroatoms. The van der Waals surface area contributed by atoms with Gasteiger partial charge in [-0.15, -0.1) is 0 Å². The molecule has 4 nitrogen and oxygen atoms in total. The number of amides is 1. The zero-order valence-electron chi connectivity index (χ0n) is 13.2. The van der Waals surface area contributed by atoms with E-state index < -0.39 is 5.82 Å². The third-order valence-electron chi connectivity index (χ3n) is 3.59. The quantitative estimate of drug-likeness (QED) is 0.532. The van der Waals surface area contributed by atoms with Gasteiger partial charge in [0.25, 0.3) is 5.91 Å². The van der Waals surface area contributed by atoms with Crippen molar-refractivity contribution in [3.05, 3.63) is 77.1 Å². The predicted molar refractivity (Wildman–Crippen MR) is 99.6 cm³/mol. The van der Waals surface area contributed by atoms with Gasteiger partial charge in [0, 0.05) is 11.3 Å². The van der Waals surface area contributed by atoms with Crippen LogP contribution in [-0.4, -0.2) is 18.7 Å². The number of anilines is 1. The van der Waals surface area contributed by atoms with Crippen LogP contribution in [0.4, 0.5) is 10.1 Å². The van der Waals surface area contributed by atoms with Crippen LogP contribution in [0.1, 0.15) is 5.56 Å². The first-order valence-corrected chi connectivity index (χ1v) is 8.00. The molecule has 0 aromatic heterocycles. The number of hydrogen-bond acceptors (Lipinski definition) is 3. The van der Waals surface area contributed by atoms with E-state index >= 15 is 0 Å².